The number of hydrazone groups is 1. The standard InChI is InChI=1S/C15H12ClN3O5/c1-24-14-12(20)7-4-10(13(14)19(22)23)8-17-18-15(21)9-2-5-11(16)6-3-9/h2-8,20H,1H3,(H,18,21)/b17-8-. The number of halogens is 1. The van der Waals surface area contributed by atoms with E-state index in [4.69, 9.17) is 16.3 Å². The number of hydrogen-bond donors (Lipinski definition) is 2. The van der Waals surface area contributed by atoms with Gasteiger partial charge in [-0.05, 0) is 36.4 Å². The molecule has 0 aliphatic rings. The second-order valence-corrected chi connectivity index (χ2v) is 4.96. The molecule has 0 spiro atoms. The zero-order valence-electron chi connectivity index (χ0n) is 12.4. The number of methoxy groups -OCH3 is 1. The minimum Gasteiger partial charge on any atom is -0.504 e. The van der Waals surface area contributed by atoms with E-state index >= 15 is 0 Å². The van der Waals surface area contributed by atoms with Crippen LogP contribution < -0.4 is 10.2 Å². The summed E-state index contributed by atoms with van der Waals surface area (Å²) in [5.41, 5.74) is 2.18. The molecule has 124 valence electrons. The van der Waals surface area contributed by atoms with Crippen LogP contribution in [-0.2, 0) is 0 Å². The number of phenolic OH excluding ortho intramolecular Hbond substituents is 1. The van der Waals surface area contributed by atoms with E-state index in [1.807, 2.05) is 0 Å². The monoisotopic (exact) mass is 349 g/mol. The van der Waals surface area contributed by atoms with Crippen LogP contribution in [0.1, 0.15) is 15.9 Å². The maximum atomic E-state index is 11.9. The Morgan fingerprint density at radius 2 is 2.00 bits per heavy atom. The molecule has 0 heterocycles. The third kappa shape index (κ3) is 3.79. The third-order valence-electron chi connectivity index (χ3n) is 3.00. The molecule has 2 rings (SSSR count). The SMILES string of the molecule is COc1c(O)ccc(/C=N\NC(=O)c2ccc(Cl)cc2)c1[N+](=O)[O-]. The fourth-order valence-corrected chi connectivity index (χ4v) is 2.02. The predicted molar refractivity (Wildman–Crippen MR) is 87.8 cm³/mol. The number of ether oxygens (including phenoxy) is 1. The highest BCUT2D eigenvalue weighted by Gasteiger charge is 2.23. The first-order valence-corrected chi connectivity index (χ1v) is 6.95. The summed E-state index contributed by atoms with van der Waals surface area (Å²) in [6, 6.07) is 8.65. The average molecular weight is 350 g/mol. The normalized spacial score (nSPS) is 10.6. The van der Waals surface area contributed by atoms with Crippen LogP contribution >= 0.6 is 11.6 Å². The number of rotatable bonds is 5. The van der Waals surface area contributed by atoms with E-state index < -0.39 is 16.5 Å². The van der Waals surface area contributed by atoms with Gasteiger partial charge in [-0.2, -0.15) is 5.10 Å². The fourth-order valence-electron chi connectivity index (χ4n) is 1.90. The molecule has 24 heavy (non-hydrogen) atoms. The molecule has 9 heteroatoms. The van der Waals surface area contributed by atoms with Crippen LogP contribution in [0, 0.1) is 10.1 Å². The van der Waals surface area contributed by atoms with Crippen LogP contribution in [-0.4, -0.2) is 29.3 Å². The molecule has 0 atom stereocenters. The van der Waals surface area contributed by atoms with Crippen molar-refractivity contribution >= 4 is 29.4 Å². The molecule has 2 aromatic carbocycles. The molecule has 0 fully saturated rings. The van der Waals surface area contributed by atoms with Crippen LogP contribution in [0.15, 0.2) is 41.5 Å². The number of nitrogens with one attached hydrogen (secondary N) is 1. The van der Waals surface area contributed by atoms with Crippen molar-refractivity contribution < 1.29 is 19.6 Å². The largest absolute Gasteiger partial charge is 0.504 e. The zero-order valence-corrected chi connectivity index (χ0v) is 13.1. The van der Waals surface area contributed by atoms with Gasteiger partial charge in [0.25, 0.3) is 5.91 Å². The van der Waals surface area contributed by atoms with Gasteiger partial charge in [-0.1, -0.05) is 11.6 Å². The Bertz CT molecular complexity index is 806. The lowest BCUT2D eigenvalue weighted by atomic mass is 10.1. The molecular weight excluding hydrogens is 338 g/mol. The zero-order chi connectivity index (χ0) is 17.7. The highest BCUT2D eigenvalue weighted by Crippen LogP contribution is 2.37. The molecular formula is C15H12ClN3O5. The van der Waals surface area contributed by atoms with Crippen molar-refractivity contribution in [3.05, 3.63) is 62.7 Å². The smallest absolute Gasteiger partial charge is 0.323 e. The van der Waals surface area contributed by atoms with E-state index in [9.17, 15) is 20.0 Å². The number of phenols is 1. The van der Waals surface area contributed by atoms with Crippen molar-refractivity contribution in [3.63, 3.8) is 0 Å². The van der Waals surface area contributed by atoms with Crippen molar-refractivity contribution in [1.29, 1.82) is 0 Å². The summed E-state index contributed by atoms with van der Waals surface area (Å²) in [5, 5.41) is 24.9. The Labute approximate surface area is 141 Å². The van der Waals surface area contributed by atoms with Crippen LogP contribution in [0.4, 0.5) is 5.69 Å². The number of benzene rings is 2. The summed E-state index contributed by atoms with van der Waals surface area (Å²) in [4.78, 5) is 22.3. The second kappa shape index (κ2) is 7.42. The molecule has 0 aliphatic heterocycles. The molecule has 8 nitrogen and oxygen atoms in total. The molecule has 1 amide bonds. The summed E-state index contributed by atoms with van der Waals surface area (Å²) in [7, 11) is 1.20. The molecule has 2 aromatic rings. The maximum Gasteiger partial charge on any atom is 0.323 e. The van der Waals surface area contributed by atoms with Crippen molar-refractivity contribution in [1.82, 2.24) is 5.43 Å². The minimum absolute atomic E-state index is 0.0612. The minimum atomic E-state index is -0.707. The summed E-state index contributed by atoms with van der Waals surface area (Å²) in [5.74, 6) is -1.16. The number of aromatic hydroxyl groups is 1. The predicted octanol–water partition coefficient (Wildman–Crippen LogP) is 2.73. The van der Waals surface area contributed by atoms with Gasteiger partial charge in [-0.3, -0.25) is 14.9 Å². The molecule has 2 N–H and O–H groups in total. The van der Waals surface area contributed by atoms with Crippen molar-refractivity contribution in [2.75, 3.05) is 7.11 Å². The van der Waals surface area contributed by atoms with Crippen LogP contribution in [0.3, 0.4) is 0 Å². The molecule has 0 aliphatic carbocycles. The Morgan fingerprint density at radius 3 is 2.58 bits per heavy atom. The van der Waals surface area contributed by atoms with E-state index in [1.54, 1.807) is 12.1 Å². The van der Waals surface area contributed by atoms with E-state index in [0.717, 1.165) is 6.21 Å². The number of nitro benzene ring substituents is 1. The molecule has 0 bridgehead atoms. The molecule has 0 unspecified atom stereocenters. The van der Waals surface area contributed by atoms with Gasteiger partial charge in [0.2, 0.25) is 5.75 Å². The first kappa shape index (κ1) is 17.2. The van der Waals surface area contributed by atoms with Gasteiger partial charge < -0.3 is 9.84 Å². The second-order valence-electron chi connectivity index (χ2n) is 4.52. The Morgan fingerprint density at radius 1 is 1.33 bits per heavy atom. The van der Waals surface area contributed by atoms with Crippen LogP contribution in [0.25, 0.3) is 0 Å². The van der Waals surface area contributed by atoms with Crippen molar-refractivity contribution in [3.8, 4) is 11.5 Å². The summed E-state index contributed by atoms with van der Waals surface area (Å²) in [6.45, 7) is 0. The number of amides is 1. The van der Waals surface area contributed by atoms with E-state index in [-0.39, 0.29) is 17.1 Å². The topological polar surface area (TPSA) is 114 Å². The fraction of sp³-hybridized carbons (Fsp3) is 0.0667. The van der Waals surface area contributed by atoms with E-state index in [1.165, 1.54) is 31.4 Å². The van der Waals surface area contributed by atoms with Gasteiger partial charge in [0.05, 0.1) is 23.8 Å². The quantitative estimate of drug-likeness (QED) is 0.489. The third-order valence-corrected chi connectivity index (χ3v) is 3.26. The van der Waals surface area contributed by atoms with Gasteiger partial charge in [-0.25, -0.2) is 5.43 Å². The molecule has 0 saturated heterocycles. The number of carbonyl (C=O) groups excluding carboxylic acids is 1. The lowest BCUT2D eigenvalue weighted by Gasteiger charge is -2.06. The van der Waals surface area contributed by atoms with Crippen LogP contribution in [0.5, 0.6) is 11.5 Å². The van der Waals surface area contributed by atoms with Crippen molar-refractivity contribution in [2.45, 2.75) is 0 Å². The highest BCUT2D eigenvalue weighted by molar-refractivity contribution is 6.30. The summed E-state index contributed by atoms with van der Waals surface area (Å²) < 4.78 is 4.83. The lowest BCUT2D eigenvalue weighted by molar-refractivity contribution is -0.386. The average Bonchev–Trinajstić information content (AvgIpc) is 2.56. The van der Waals surface area contributed by atoms with Gasteiger partial charge in [0.15, 0.2) is 5.75 Å². The highest BCUT2D eigenvalue weighted by atomic mass is 35.5. The van der Waals surface area contributed by atoms with Gasteiger partial charge in [0.1, 0.15) is 0 Å². The number of carbonyl (C=O) groups is 1. The van der Waals surface area contributed by atoms with Gasteiger partial charge in [-0.15, -0.1) is 0 Å². The summed E-state index contributed by atoms with van der Waals surface area (Å²) in [6.07, 6.45) is 1.09. The molecule has 0 radical (unpaired) electrons. The molecule has 0 saturated carbocycles. The Kier molecular flexibility index (Phi) is 5.33. The Balaban J connectivity index is 2.21. The van der Waals surface area contributed by atoms with Gasteiger partial charge in [0, 0.05) is 10.6 Å². The van der Waals surface area contributed by atoms with E-state index in [0.29, 0.717) is 10.6 Å². The first-order valence-electron chi connectivity index (χ1n) is 6.57. The lowest BCUT2D eigenvalue weighted by Crippen LogP contribution is -2.17. The number of nitro groups is 1. The van der Waals surface area contributed by atoms with Crippen LogP contribution in [0.2, 0.25) is 5.02 Å². The van der Waals surface area contributed by atoms with Crippen molar-refractivity contribution in [2.24, 2.45) is 5.10 Å². The van der Waals surface area contributed by atoms with Gasteiger partial charge >= 0.3 is 5.69 Å². The summed E-state index contributed by atoms with van der Waals surface area (Å²) >= 11 is 5.73. The number of hydrogen-bond acceptors (Lipinski definition) is 6. The number of nitrogens with zero attached hydrogens (tertiary/aromatic N) is 2. The van der Waals surface area contributed by atoms with E-state index in [2.05, 4.69) is 10.5 Å². The maximum absolute atomic E-state index is 11.9. The molecule has 0 aromatic heterocycles. The Hall–Kier alpha value is -3.13. The first-order chi connectivity index (χ1) is 11.4.